The first kappa shape index (κ1) is 23.3. The molecule has 0 spiro atoms. The molecular formula is C37H22N2O2. The molecule has 0 N–H and O–H groups in total. The highest BCUT2D eigenvalue weighted by atomic mass is 16.2. The Balaban J connectivity index is 1.31. The standard InChI is InChI=1S/C37H22N2O2/c40-36-33-13-5-12-32-31(30-17-16-27(25-9-6-20-38-22-25)28-10-3-4-11-29(28)30)18-19-34(35(32)33)37(41)39(36)26-15-14-23-7-1-2-8-24(23)21-26/h1-22H. The van der Waals surface area contributed by atoms with Gasteiger partial charge in [0.15, 0.2) is 0 Å². The van der Waals surface area contributed by atoms with Gasteiger partial charge in [0, 0.05) is 34.5 Å². The van der Waals surface area contributed by atoms with Gasteiger partial charge in [0.05, 0.1) is 5.69 Å². The number of nitrogens with zero attached hydrogens (tertiary/aromatic N) is 2. The molecule has 0 saturated carbocycles. The van der Waals surface area contributed by atoms with Crippen LogP contribution in [-0.4, -0.2) is 16.8 Å². The van der Waals surface area contributed by atoms with E-state index in [1.165, 1.54) is 4.90 Å². The predicted octanol–water partition coefficient (Wildman–Crippen LogP) is 8.68. The minimum atomic E-state index is -0.308. The maximum absolute atomic E-state index is 13.9. The van der Waals surface area contributed by atoms with Gasteiger partial charge in [-0.2, -0.15) is 0 Å². The highest BCUT2D eigenvalue weighted by molar-refractivity contribution is 6.37. The van der Waals surface area contributed by atoms with Crippen molar-refractivity contribution in [3.63, 3.8) is 0 Å². The van der Waals surface area contributed by atoms with E-state index in [2.05, 4.69) is 35.3 Å². The number of amides is 2. The Morgan fingerprint density at radius 3 is 1.90 bits per heavy atom. The van der Waals surface area contributed by atoms with Crippen molar-refractivity contribution in [3.8, 4) is 22.3 Å². The second-order valence-corrected chi connectivity index (χ2v) is 10.3. The molecule has 0 fully saturated rings. The number of fused-ring (bicyclic) bond motifs is 2. The summed E-state index contributed by atoms with van der Waals surface area (Å²) in [6.45, 7) is 0. The molecule has 4 nitrogen and oxygen atoms in total. The normalized spacial score (nSPS) is 12.9. The molecule has 2 heterocycles. The molecule has 8 rings (SSSR count). The fourth-order valence-corrected chi connectivity index (χ4v) is 6.19. The van der Waals surface area contributed by atoms with Gasteiger partial charge in [-0.25, -0.2) is 4.90 Å². The lowest BCUT2D eigenvalue weighted by atomic mass is 9.86. The topological polar surface area (TPSA) is 50.3 Å². The summed E-state index contributed by atoms with van der Waals surface area (Å²) in [5.41, 5.74) is 5.83. The molecular weight excluding hydrogens is 504 g/mol. The van der Waals surface area contributed by atoms with Gasteiger partial charge in [0.1, 0.15) is 0 Å². The van der Waals surface area contributed by atoms with Crippen molar-refractivity contribution in [1.29, 1.82) is 0 Å². The van der Waals surface area contributed by atoms with Crippen LogP contribution in [-0.2, 0) is 0 Å². The van der Waals surface area contributed by atoms with E-state index in [4.69, 9.17) is 0 Å². The summed E-state index contributed by atoms with van der Waals surface area (Å²) < 4.78 is 0. The van der Waals surface area contributed by atoms with Crippen LogP contribution < -0.4 is 4.90 Å². The summed E-state index contributed by atoms with van der Waals surface area (Å²) in [7, 11) is 0. The molecule has 6 aromatic carbocycles. The van der Waals surface area contributed by atoms with Crippen molar-refractivity contribution < 1.29 is 9.59 Å². The average molecular weight is 527 g/mol. The number of hydrogen-bond donors (Lipinski definition) is 0. The lowest BCUT2D eigenvalue weighted by Gasteiger charge is -2.28. The largest absolute Gasteiger partial charge is 0.268 e. The monoisotopic (exact) mass is 526 g/mol. The molecule has 2 amide bonds. The summed E-state index contributed by atoms with van der Waals surface area (Å²) in [4.78, 5) is 33.4. The van der Waals surface area contributed by atoms with E-state index in [1.807, 2.05) is 97.2 Å². The summed E-state index contributed by atoms with van der Waals surface area (Å²) in [5.74, 6) is -0.616. The fourth-order valence-electron chi connectivity index (χ4n) is 6.19. The van der Waals surface area contributed by atoms with Crippen LogP contribution in [0.5, 0.6) is 0 Å². The molecule has 0 atom stereocenters. The lowest BCUT2D eigenvalue weighted by molar-refractivity contribution is 0.0893. The lowest BCUT2D eigenvalue weighted by Crippen LogP contribution is -2.40. The van der Waals surface area contributed by atoms with E-state index in [1.54, 1.807) is 6.20 Å². The number of carbonyl (C=O) groups is 2. The number of carbonyl (C=O) groups excluding carboxylic acids is 2. The zero-order valence-corrected chi connectivity index (χ0v) is 21.9. The molecule has 192 valence electrons. The SMILES string of the molecule is O=C1c2cccc3c(-c4ccc(-c5cccnc5)c5ccccc45)ccc(c23)C(=O)N1c1ccc2ccccc2c1. The van der Waals surface area contributed by atoms with Gasteiger partial charge < -0.3 is 0 Å². The van der Waals surface area contributed by atoms with Crippen molar-refractivity contribution in [1.82, 2.24) is 4.98 Å². The number of hydrogen-bond acceptors (Lipinski definition) is 3. The number of imide groups is 1. The van der Waals surface area contributed by atoms with Crippen molar-refractivity contribution in [2.24, 2.45) is 0 Å². The van der Waals surface area contributed by atoms with E-state index in [9.17, 15) is 9.59 Å². The third-order valence-electron chi connectivity index (χ3n) is 8.09. The van der Waals surface area contributed by atoms with Crippen LogP contribution in [0.25, 0.3) is 54.6 Å². The molecule has 0 unspecified atom stereocenters. The van der Waals surface area contributed by atoms with Crippen LogP contribution in [0, 0.1) is 0 Å². The zero-order valence-electron chi connectivity index (χ0n) is 21.9. The molecule has 0 aliphatic carbocycles. The van der Waals surface area contributed by atoms with Crippen LogP contribution >= 0.6 is 0 Å². The van der Waals surface area contributed by atoms with Crippen molar-refractivity contribution in [2.45, 2.75) is 0 Å². The van der Waals surface area contributed by atoms with E-state index < -0.39 is 0 Å². The summed E-state index contributed by atoms with van der Waals surface area (Å²) in [6.07, 6.45) is 3.65. The fraction of sp³-hybridized carbons (Fsp3) is 0. The first-order valence-corrected chi connectivity index (χ1v) is 13.5. The van der Waals surface area contributed by atoms with E-state index in [0.717, 1.165) is 49.2 Å². The Bertz CT molecular complexity index is 2180. The van der Waals surface area contributed by atoms with Gasteiger partial charge in [-0.15, -0.1) is 0 Å². The van der Waals surface area contributed by atoms with Crippen molar-refractivity contribution in [2.75, 3.05) is 4.90 Å². The first-order chi connectivity index (χ1) is 20.2. The first-order valence-electron chi connectivity index (χ1n) is 13.5. The minimum absolute atomic E-state index is 0.308. The van der Waals surface area contributed by atoms with Gasteiger partial charge in [-0.05, 0) is 74.0 Å². The molecule has 1 aliphatic rings. The molecule has 4 heteroatoms. The highest BCUT2D eigenvalue weighted by Gasteiger charge is 2.34. The van der Waals surface area contributed by atoms with E-state index in [-0.39, 0.29) is 11.8 Å². The van der Waals surface area contributed by atoms with Crippen molar-refractivity contribution >= 4 is 49.8 Å². The van der Waals surface area contributed by atoms with E-state index in [0.29, 0.717) is 22.2 Å². The third kappa shape index (κ3) is 3.51. The molecule has 1 aliphatic heterocycles. The second kappa shape index (κ2) is 8.97. The van der Waals surface area contributed by atoms with Gasteiger partial charge in [0.25, 0.3) is 11.8 Å². The quantitative estimate of drug-likeness (QED) is 0.216. The number of pyridine rings is 1. The Morgan fingerprint density at radius 2 is 1.12 bits per heavy atom. The number of anilines is 1. The van der Waals surface area contributed by atoms with Crippen LogP contribution in [0.15, 0.2) is 134 Å². The van der Waals surface area contributed by atoms with Crippen LogP contribution in [0.4, 0.5) is 5.69 Å². The Labute approximate surface area is 236 Å². The summed E-state index contributed by atoms with van der Waals surface area (Å²) >= 11 is 0. The maximum Gasteiger partial charge on any atom is 0.265 e. The smallest absolute Gasteiger partial charge is 0.265 e. The van der Waals surface area contributed by atoms with Gasteiger partial charge in [-0.3, -0.25) is 14.6 Å². The van der Waals surface area contributed by atoms with Gasteiger partial charge in [0.2, 0.25) is 0 Å². The predicted molar refractivity (Wildman–Crippen MR) is 165 cm³/mol. The van der Waals surface area contributed by atoms with Crippen LogP contribution in [0.1, 0.15) is 20.7 Å². The number of rotatable bonds is 3. The zero-order chi connectivity index (χ0) is 27.5. The Morgan fingerprint density at radius 1 is 0.488 bits per heavy atom. The molecule has 0 radical (unpaired) electrons. The Hall–Kier alpha value is -5.61. The molecule has 0 bridgehead atoms. The second-order valence-electron chi connectivity index (χ2n) is 10.3. The molecule has 41 heavy (non-hydrogen) atoms. The van der Waals surface area contributed by atoms with Crippen LogP contribution in [0.2, 0.25) is 0 Å². The molecule has 0 saturated heterocycles. The molecule has 1 aromatic heterocycles. The van der Waals surface area contributed by atoms with Crippen LogP contribution in [0.3, 0.4) is 0 Å². The summed E-state index contributed by atoms with van der Waals surface area (Å²) in [6, 6.07) is 39.8. The van der Waals surface area contributed by atoms with Gasteiger partial charge >= 0.3 is 0 Å². The Kier molecular flexibility index (Phi) is 5.09. The third-order valence-corrected chi connectivity index (χ3v) is 8.09. The summed E-state index contributed by atoms with van der Waals surface area (Å²) in [5, 5.41) is 5.85. The maximum atomic E-state index is 13.9. The average Bonchev–Trinajstić information content (AvgIpc) is 3.03. The number of benzene rings is 6. The van der Waals surface area contributed by atoms with Crippen molar-refractivity contribution in [3.05, 3.63) is 145 Å². The van der Waals surface area contributed by atoms with Gasteiger partial charge in [-0.1, -0.05) is 91.0 Å². The number of aromatic nitrogens is 1. The highest BCUT2D eigenvalue weighted by Crippen LogP contribution is 2.42. The minimum Gasteiger partial charge on any atom is -0.268 e. The molecule has 7 aromatic rings. The van der Waals surface area contributed by atoms with E-state index >= 15 is 0 Å².